The van der Waals surface area contributed by atoms with Gasteiger partial charge in [-0.2, -0.15) is 0 Å². The summed E-state index contributed by atoms with van der Waals surface area (Å²) in [5.74, 6) is 0.672. The molecule has 80 valence electrons. The summed E-state index contributed by atoms with van der Waals surface area (Å²) in [6, 6.07) is 7.01. The van der Waals surface area contributed by atoms with Crippen molar-refractivity contribution in [3.8, 4) is 5.75 Å². The van der Waals surface area contributed by atoms with Crippen molar-refractivity contribution in [3.05, 3.63) is 29.8 Å². The van der Waals surface area contributed by atoms with Crippen LogP contribution in [-0.2, 0) is 4.74 Å². The van der Waals surface area contributed by atoms with Crippen LogP contribution in [0.4, 0.5) is 0 Å². The van der Waals surface area contributed by atoms with E-state index in [1.807, 2.05) is 0 Å². The van der Waals surface area contributed by atoms with Crippen LogP contribution >= 0.6 is 0 Å². The third-order valence-electron chi connectivity index (χ3n) is 2.24. The first-order valence-electron chi connectivity index (χ1n) is 4.83. The number of amides is 1. The topological polar surface area (TPSA) is 50.9 Å². The van der Waals surface area contributed by atoms with Gasteiger partial charge < -0.3 is 14.8 Å². The van der Waals surface area contributed by atoms with Crippen LogP contribution in [0.5, 0.6) is 5.75 Å². The molecule has 0 spiro atoms. The lowest BCUT2D eigenvalue weighted by Crippen LogP contribution is -2.27. The number of benzene rings is 1. The third kappa shape index (κ3) is 2.70. The number of carbonyl (C=O) groups is 1. The predicted molar refractivity (Wildman–Crippen MR) is 55.1 cm³/mol. The fourth-order valence-electron chi connectivity index (χ4n) is 1.24. The second kappa shape index (κ2) is 4.31. The van der Waals surface area contributed by atoms with E-state index in [9.17, 15) is 4.79 Å². The molecule has 2 rings (SSSR count). The summed E-state index contributed by atoms with van der Waals surface area (Å²) in [5, 5.41) is 2.79. The van der Waals surface area contributed by atoms with Crippen molar-refractivity contribution < 1.29 is 14.3 Å². The number of ether oxygens (including phenoxy) is 2. The van der Waals surface area contributed by atoms with Crippen molar-refractivity contribution >= 4 is 5.91 Å². The van der Waals surface area contributed by atoms with Gasteiger partial charge in [0.2, 0.25) is 0 Å². The molecule has 1 aromatic carbocycles. The number of hydrogen-bond acceptors (Lipinski definition) is 3. The Bertz CT molecular complexity index is 343. The van der Waals surface area contributed by atoms with Crippen LogP contribution in [0.15, 0.2) is 24.3 Å². The van der Waals surface area contributed by atoms with E-state index in [1.54, 1.807) is 31.4 Å². The number of rotatable bonds is 4. The molecule has 1 aliphatic rings. The molecule has 1 aliphatic heterocycles. The van der Waals surface area contributed by atoms with Crippen molar-refractivity contribution in [2.75, 3.05) is 20.3 Å². The van der Waals surface area contributed by atoms with E-state index >= 15 is 0 Å². The highest BCUT2D eigenvalue weighted by Crippen LogP contribution is 2.11. The average Bonchev–Trinajstić information content (AvgIpc) is 3.10. The van der Waals surface area contributed by atoms with Crippen LogP contribution in [0.3, 0.4) is 0 Å². The van der Waals surface area contributed by atoms with Crippen LogP contribution in [0, 0.1) is 0 Å². The molecule has 1 N–H and O–H groups in total. The van der Waals surface area contributed by atoms with Gasteiger partial charge >= 0.3 is 0 Å². The highest BCUT2D eigenvalue weighted by molar-refractivity contribution is 5.94. The summed E-state index contributed by atoms with van der Waals surface area (Å²) in [5.41, 5.74) is 0.636. The first-order valence-corrected chi connectivity index (χ1v) is 4.83. The maximum absolute atomic E-state index is 11.6. The van der Waals surface area contributed by atoms with Crippen molar-refractivity contribution in [3.63, 3.8) is 0 Å². The number of epoxide rings is 1. The van der Waals surface area contributed by atoms with Gasteiger partial charge in [-0.15, -0.1) is 0 Å². The lowest BCUT2D eigenvalue weighted by Gasteiger charge is -2.04. The predicted octanol–water partition coefficient (Wildman–Crippen LogP) is 0.824. The van der Waals surface area contributed by atoms with Gasteiger partial charge in [-0.25, -0.2) is 0 Å². The van der Waals surface area contributed by atoms with Crippen LogP contribution < -0.4 is 10.1 Å². The first-order chi connectivity index (χ1) is 7.29. The molecule has 1 amide bonds. The summed E-state index contributed by atoms with van der Waals surface area (Å²) < 4.78 is 10.0. The van der Waals surface area contributed by atoms with Gasteiger partial charge in [-0.05, 0) is 24.3 Å². The molecule has 0 unspecified atom stereocenters. The quantitative estimate of drug-likeness (QED) is 0.744. The summed E-state index contributed by atoms with van der Waals surface area (Å²) >= 11 is 0. The van der Waals surface area contributed by atoms with Crippen LogP contribution in [0.25, 0.3) is 0 Å². The Labute approximate surface area is 88.2 Å². The van der Waals surface area contributed by atoms with Gasteiger partial charge in [0.1, 0.15) is 5.75 Å². The fraction of sp³-hybridized carbons (Fsp3) is 0.364. The van der Waals surface area contributed by atoms with Crippen LogP contribution in [0.2, 0.25) is 0 Å². The molecular weight excluding hydrogens is 194 g/mol. The van der Waals surface area contributed by atoms with Crippen molar-refractivity contribution in [2.24, 2.45) is 0 Å². The highest BCUT2D eigenvalue weighted by atomic mass is 16.6. The molecule has 0 aromatic heterocycles. The molecule has 4 nitrogen and oxygen atoms in total. The van der Waals surface area contributed by atoms with E-state index in [-0.39, 0.29) is 12.0 Å². The van der Waals surface area contributed by atoms with Gasteiger partial charge in [0.25, 0.3) is 5.91 Å². The van der Waals surface area contributed by atoms with E-state index in [0.717, 1.165) is 12.4 Å². The smallest absolute Gasteiger partial charge is 0.251 e. The van der Waals surface area contributed by atoms with Gasteiger partial charge in [-0.3, -0.25) is 4.79 Å². The molecule has 0 aliphatic carbocycles. The monoisotopic (exact) mass is 207 g/mol. The lowest BCUT2D eigenvalue weighted by molar-refractivity contribution is 0.0950. The standard InChI is InChI=1S/C11H13NO3/c1-14-9-4-2-8(3-5-9)11(13)12-6-10-7-15-10/h2-5,10H,6-7H2,1H3,(H,12,13)/t10-/m1/s1. The van der Waals surface area contributed by atoms with Gasteiger partial charge in [0.05, 0.1) is 19.8 Å². The molecule has 1 atom stereocenters. The number of methoxy groups -OCH3 is 1. The lowest BCUT2D eigenvalue weighted by atomic mass is 10.2. The Kier molecular flexibility index (Phi) is 2.87. The van der Waals surface area contributed by atoms with E-state index in [0.29, 0.717) is 12.1 Å². The average molecular weight is 207 g/mol. The number of hydrogen-bond donors (Lipinski definition) is 1. The second-order valence-corrected chi connectivity index (χ2v) is 3.39. The number of carbonyl (C=O) groups excluding carboxylic acids is 1. The Morgan fingerprint density at radius 3 is 2.73 bits per heavy atom. The molecule has 4 heteroatoms. The van der Waals surface area contributed by atoms with Crippen molar-refractivity contribution in [1.82, 2.24) is 5.32 Å². The summed E-state index contributed by atoms with van der Waals surface area (Å²) in [4.78, 5) is 11.6. The zero-order chi connectivity index (χ0) is 10.7. The number of nitrogens with one attached hydrogen (secondary N) is 1. The molecule has 1 saturated heterocycles. The minimum absolute atomic E-state index is 0.0758. The van der Waals surface area contributed by atoms with Crippen molar-refractivity contribution in [2.45, 2.75) is 6.10 Å². The SMILES string of the molecule is COc1ccc(C(=O)NC[C@@H]2CO2)cc1. The molecule has 1 heterocycles. The molecule has 15 heavy (non-hydrogen) atoms. The third-order valence-corrected chi connectivity index (χ3v) is 2.24. The Hall–Kier alpha value is -1.55. The van der Waals surface area contributed by atoms with Crippen molar-refractivity contribution in [1.29, 1.82) is 0 Å². The summed E-state index contributed by atoms with van der Waals surface area (Å²) in [7, 11) is 1.60. The minimum Gasteiger partial charge on any atom is -0.497 e. The fourth-order valence-corrected chi connectivity index (χ4v) is 1.24. The maximum atomic E-state index is 11.6. The van der Waals surface area contributed by atoms with E-state index < -0.39 is 0 Å². The van der Waals surface area contributed by atoms with Gasteiger partial charge in [-0.1, -0.05) is 0 Å². The maximum Gasteiger partial charge on any atom is 0.251 e. The Balaban J connectivity index is 1.91. The zero-order valence-corrected chi connectivity index (χ0v) is 8.53. The Morgan fingerprint density at radius 1 is 1.53 bits per heavy atom. The van der Waals surface area contributed by atoms with E-state index in [1.165, 1.54) is 0 Å². The molecule has 0 bridgehead atoms. The molecule has 0 saturated carbocycles. The van der Waals surface area contributed by atoms with Gasteiger partial charge in [0.15, 0.2) is 0 Å². The first kappa shape index (κ1) is 9.98. The largest absolute Gasteiger partial charge is 0.497 e. The zero-order valence-electron chi connectivity index (χ0n) is 8.53. The summed E-state index contributed by atoms with van der Waals surface area (Å²) in [6.45, 7) is 1.34. The minimum atomic E-state index is -0.0758. The summed E-state index contributed by atoms with van der Waals surface area (Å²) in [6.07, 6.45) is 0.215. The molecular formula is C11H13NO3. The normalized spacial score (nSPS) is 18.3. The van der Waals surface area contributed by atoms with Gasteiger partial charge in [0, 0.05) is 12.1 Å². The molecule has 1 fully saturated rings. The second-order valence-electron chi connectivity index (χ2n) is 3.39. The van der Waals surface area contributed by atoms with E-state index in [2.05, 4.69) is 5.32 Å². The molecule has 0 radical (unpaired) electrons. The van der Waals surface area contributed by atoms with E-state index in [4.69, 9.17) is 9.47 Å². The highest BCUT2D eigenvalue weighted by Gasteiger charge is 2.22. The Morgan fingerprint density at radius 2 is 2.20 bits per heavy atom. The van der Waals surface area contributed by atoms with Crippen LogP contribution in [0.1, 0.15) is 10.4 Å². The molecule has 1 aromatic rings. The van der Waals surface area contributed by atoms with Crippen LogP contribution in [-0.4, -0.2) is 32.3 Å².